The normalized spacial score (nSPS) is 10.7. The van der Waals surface area contributed by atoms with Crippen LogP contribution in [0.4, 0.5) is 0 Å². The summed E-state index contributed by atoms with van der Waals surface area (Å²) in [6.07, 6.45) is 0. The van der Waals surface area contributed by atoms with Crippen molar-refractivity contribution < 1.29 is 23.9 Å². The number of esters is 1. The van der Waals surface area contributed by atoms with Crippen LogP contribution in [0.3, 0.4) is 0 Å². The quantitative estimate of drug-likeness (QED) is 0.562. The molecule has 2 aromatic rings. The molecule has 27 heavy (non-hydrogen) atoms. The van der Waals surface area contributed by atoms with Crippen LogP contribution in [0.5, 0.6) is 5.75 Å². The van der Waals surface area contributed by atoms with E-state index < -0.39 is 12.6 Å². The third-order valence-electron chi connectivity index (χ3n) is 4.06. The van der Waals surface area contributed by atoms with E-state index >= 15 is 0 Å². The van der Waals surface area contributed by atoms with E-state index in [0.29, 0.717) is 46.4 Å². The number of ketones is 2. The first-order chi connectivity index (χ1) is 12.7. The predicted octanol–water partition coefficient (Wildman–Crippen LogP) is 3.91. The number of hydrogen-bond donors (Lipinski definition) is 1. The van der Waals surface area contributed by atoms with Gasteiger partial charge in [0.05, 0.1) is 17.9 Å². The molecule has 0 radical (unpaired) electrons. The van der Waals surface area contributed by atoms with Crippen molar-refractivity contribution in [3.8, 4) is 5.75 Å². The molecule has 2 rings (SSSR count). The lowest BCUT2D eigenvalue weighted by atomic mass is 10.1. The van der Waals surface area contributed by atoms with E-state index in [4.69, 9.17) is 9.47 Å². The van der Waals surface area contributed by atoms with Crippen LogP contribution < -0.4 is 4.74 Å². The molecule has 1 aromatic heterocycles. The number of hydrogen-bond acceptors (Lipinski definition) is 5. The summed E-state index contributed by atoms with van der Waals surface area (Å²) in [4.78, 5) is 39.2. The molecule has 6 nitrogen and oxygen atoms in total. The molecule has 6 heteroatoms. The number of nitrogens with one attached hydrogen (secondary N) is 1. The molecule has 0 aliphatic heterocycles. The van der Waals surface area contributed by atoms with E-state index in [1.807, 2.05) is 13.8 Å². The van der Waals surface area contributed by atoms with Crippen molar-refractivity contribution >= 4 is 17.5 Å². The topological polar surface area (TPSA) is 85.5 Å². The number of ether oxygens (including phenoxy) is 2. The zero-order chi connectivity index (χ0) is 20.1. The third-order valence-corrected chi connectivity index (χ3v) is 4.06. The van der Waals surface area contributed by atoms with Gasteiger partial charge in [-0.05, 0) is 50.5 Å². The van der Waals surface area contributed by atoms with E-state index in [9.17, 15) is 14.4 Å². The minimum atomic E-state index is -0.605. The van der Waals surface area contributed by atoms with Gasteiger partial charge in [0.15, 0.2) is 12.4 Å². The van der Waals surface area contributed by atoms with Crippen molar-refractivity contribution in [2.24, 2.45) is 5.92 Å². The zero-order valence-electron chi connectivity index (χ0n) is 16.3. The summed E-state index contributed by atoms with van der Waals surface area (Å²) in [5.41, 5.74) is 2.31. The summed E-state index contributed by atoms with van der Waals surface area (Å²) >= 11 is 0. The Balaban J connectivity index is 2.03. The van der Waals surface area contributed by atoms with E-state index in [0.717, 1.165) is 0 Å². The molecule has 1 heterocycles. The van der Waals surface area contributed by atoms with Crippen molar-refractivity contribution in [3.63, 3.8) is 0 Å². The van der Waals surface area contributed by atoms with Gasteiger partial charge in [-0.15, -0.1) is 0 Å². The minimum Gasteiger partial charge on any atom is -0.493 e. The maximum Gasteiger partial charge on any atom is 0.338 e. The van der Waals surface area contributed by atoms with Gasteiger partial charge >= 0.3 is 5.97 Å². The van der Waals surface area contributed by atoms with Crippen LogP contribution in [0, 0.1) is 19.8 Å². The molecule has 0 saturated heterocycles. The zero-order valence-corrected chi connectivity index (χ0v) is 16.3. The molecule has 144 valence electrons. The van der Waals surface area contributed by atoms with Crippen LogP contribution in [-0.2, 0) is 4.74 Å². The van der Waals surface area contributed by atoms with Gasteiger partial charge < -0.3 is 14.5 Å². The van der Waals surface area contributed by atoms with E-state index in [2.05, 4.69) is 4.98 Å². The smallest absolute Gasteiger partial charge is 0.338 e. The maximum absolute atomic E-state index is 12.4. The van der Waals surface area contributed by atoms with Gasteiger partial charge in [0.1, 0.15) is 5.75 Å². The van der Waals surface area contributed by atoms with Crippen molar-refractivity contribution in [2.45, 2.75) is 34.6 Å². The highest BCUT2D eigenvalue weighted by atomic mass is 16.5. The number of aromatic nitrogens is 1. The molecule has 1 N–H and O–H groups in total. The number of Topliss-reactive ketones (excluding diaryl/α,β-unsaturated/α-hetero) is 2. The number of rotatable bonds is 8. The standard InChI is InChI=1S/C21H25NO5/c1-12(2)10-26-17-8-6-7-16(9-17)21(25)27-11-18(24)20-13(3)19(15(5)23)14(4)22-20/h6-9,12,22H,10-11H2,1-5H3. The average molecular weight is 371 g/mol. The fourth-order valence-electron chi connectivity index (χ4n) is 2.82. The van der Waals surface area contributed by atoms with Crippen LogP contribution >= 0.6 is 0 Å². The van der Waals surface area contributed by atoms with Crippen LogP contribution in [0.1, 0.15) is 63.2 Å². The van der Waals surface area contributed by atoms with Crippen molar-refractivity contribution in [2.75, 3.05) is 13.2 Å². The Hall–Kier alpha value is -2.89. The number of carbonyl (C=O) groups is 3. The Morgan fingerprint density at radius 3 is 2.44 bits per heavy atom. The maximum atomic E-state index is 12.4. The summed E-state index contributed by atoms with van der Waals surface area (Å²) in [5, 5.41) is 0. The Morgan fingerprint density at radius 2 is 1.85 bits per heavy atom. The van der Waals surface area contributed by atoms with Crippen LogP contribution in [0.2, 0.25) is 0 Å². The van der Waals surface area contributed by atoms with Gasteiger partial charge in [-0.1, -0.05) is 19.9 Å². The Labute approximate surface area is 158 Å². The molecule has 0 aliphatic carbocycles. The fraction of sp³-hybridized carbons (Fsp3) is 0.381. The third kappa shape index (κ3) is 5.06. The van der Waals surface area contributed by atoms with Crippen molar-refractivity contribution in [1.29, 1.82) is 0 Å². The van der Waals surface area contributed by atoms with Gasteiger partial charge in [0.2, 0.25) is 5.78 Å². The molecule has 0 atom stereocenters. The molecule has 0 fully saturated rings. The van der Waals surface area contributed by atoms with E-state index in [1.165, 1.54) is 6.92 Å². The van der Waals surface area contributed by atoms with Crippen molar-refractivity contribution in [1.82, 2.24) is 4.98 Å². The summed E-state index contributed by atoms with van der Waals surface area (Å²) in [6, 6.07) is 6.66. The highest BCUT2D eigenvalue weighted by molar-refractivity contribution is 6.04. The molecular formula is C21H25NO5. The summed E-state index contributed by atoms with van der Waals surface area (Å²) < 4.78 is 10.7. The first-order valence-corrected chi connectivity index (χ1v) is 8.84. The Bertz CT molecular complexity index is 863. The summed E-state index contributed by atoms with van der Waals surface area (Å²) in [6.45, 7) is 9.08. The number of aromatic amines is 1. The number of aryl methyl sites for hydroxylation is 1. The van der Waals surface area contributed by atoms with Crippen LogP contribution in [0.25, 0.3) is 0 Å². The SMILES string of the molecule is CC(=O)c1c(C)[nH]c(C(=O)COC(=O)c2cccc(OCC(C)C)c2)c1C. The largest absolute Gasteiger partial charge is 0.493 e. The molecule has 0 unspecified atom stereocenters. The first-order valence-electron chi connectivity index (χ1n) is 8.84. The highest BCUT2D eigenvalue weighted by Gasteiger charge is 2.21. The molecule has 0 saturated carbocycles. The van der Waals surface area contributed by atoms with Crippen LogP contribution in [-0.4, -0.2) is 35.7 Å². The highest BCUT2D eigenvalue weighted by Crippen LogP contribution is 2.19. The molecule has 0 amide bonds. The van der Waals surface area contributed by atoms with Gasteiger partial charge in [-0.3, -0.25) is 9.59 Å². The van der Waals surface area contributed by atoms with Gasteiger partial charge in [-0.25, -0.2) is 4.79 Å². The number of carbonyl (C=O) groups excluding carboxylic acids is 3. The summed E-state index contributed by atoms with van der Waals surface area (Å²) in [5.74, 6) is -0.165. The molecule has 0 bridgehead atoms. The second kappa shape index (κ2) is 8.66. The summed E-state index contributed by atoms with van der Waals surface area (Å²) in [7, 11) is 0. The first kappa shape index (κ1) is 20.4. The lowest BCUT2D eigenvalue weighted by Crippen LogP contribution is -2.15. The number of benzene rings is 1. The second-order valence-electron chi connectivity index (χ2n) is 6.91. The minimum absolute atomic E-state index is 0.115. The van der Waals surface area contributed by atoms with Crippen LogP contribution in [0.15, 0.2) is 24.3 Å². The monoisotopic (exact) mass is 371 g/mol. The molecule has 1 aromatic carbocycles. The Kier molecular flexibility index (Phi) is 6.55. The molecule has 0 spiro atoms. The van der Waals surface area contributed by atoms with E-state index in [1.54, 1.807) is 38.1 Å². The molecule has 0 aliphatic rings. The van der Waals surface area contributed by atoms with Gasteiger partial charge in [0.25, 0.3) is 0 Å². The predicted molar refractivity (Wildman–Crippen MR) is 102 cm³/mol. The Morgan fingerprint density at radius 1 is 1.15 bits per heavy atom. The lowest BCUT2D eigenvalue weighted by molar-refractivity contribution is 0.0473. The number of H-pyrrole nitrogens is 1. The van der Waals surface area contributed by atoms with Crippen molar-refractivity contribution in [3.05, 3.63) is 52.3 Å². The van der Waals surface area contributed by atoms with E-state index in [-0.39, 0.29) is 11.6 Å². The van der Waals surface area contributed by atoms with Gasteiger partial charge in [-0.2, -0.15) is 0 Å². The lowest BCUT2D eigenvalue weighted by Gasteiger charge is -2.10. The second-order valence-corrected chi connectivity index (χ2v) is 6.91. The molecular weight excluding hydrogens is 346 g/mol. The van der Waals surface area contributed by atoms with Gasteiger partial charge in [0, 0.05) is 11.3 Å². The fourth-order valence-corrected chi connectivity index (χ4v) is 2.82. The average Bonchev–Trinajstić information content (AvgIpc) is 2.92.